The van der Waals surface area contributed by atoms with Crippen molar-refractivity contribution in [2.75, 3.05) is 5.73 Å². The Labute approximate surface area is 119 Å². The molecule has 0 radical (unpaired) electrons. The lowest BCUT2D eigenvalue weighted by Gasteiger charge is -1.98. The zero-order valence-electron chi connectivity index (χ0n) is 10.9. The fourth-order valence-electron chi connectivity index (χ4n) is 1.90. The van der Waals surface area contributed by atoms with E-state index in [4.69, 9.17) is 10.3 Å². The van der Waals surface area contributed by atoms with Crippen LogP contribution in [-0.2, 0) is 6.42 Å². The van der Waals surface area contributed by atoms with E-state index in [1.165, 1.54) is 30.3 Å². The van der Waals surface area contributed by atoms with Gasteiger partial charge in [-0.05, 0) is 35.9 Å². The van der Waals surface area contributed by atoms with Crippen molar-refractivity contribution in [2.45, 2.75) is 6.42 Å². The van der Waals surface area contributed by atoms with Gasteiger partial charge >= 0.3 is 0 Å². The predicted octanol–water partition coefficient (Wildman–Crippen LogP) is 3.19. The average Bonchev–Trinajstić information content (AvgIpc) is 2.93. The molecule has 6 heteroatoms. The smallest absolute Gasteiger partial charge is 0.258 e. The third kappa shape index (κ3) is 2.89. The van der Waals surface area contributed by atoms with Gasteiger partial charge in [-0.3, -0.25) is 0 Å². The maximum absolute atomic E-state index is 13.1. The fraction of sp³-hybridized carbons (Fsp3) is 0.0667. The van der Waals surface area contributed by atoms with E-state index in [1.807, 2.05) is 0 Å². The third-order valence-electron chi connectivity index (χ3n) is 2.99. The minimum absolute atomic E-state index is 0.0192. The van der Waals surface area contributed by atoms with E-state index in [2.05, 4.69) is 10.1 Å². The molecule has 21 heavy (non-hydrogen) atoms. The lowest BCUT2D eigenvalue weighted by molar-refractivity contribution is 0.424. The lowest BCUT2D eigenvalue weighted by atomic mass is 10.1. The Kier molecular flexibility index (Phi) is 3.35. The van der Waals surface area contributed by atoms with Gasteiger partial charge in [0, 0.05) is 12.0 Å². The van der Waals surface area contributed by atoms with Crippen LogP contribution in [0.25, 0.3) is 11.5 Å². The molecule has 3 rings (SSSR count). The van der Waals surface area contributed by atoms with Crippen LogP contribution in [0.15, 0.2) is 47.0 Å². The van der Waals surface area contributed by atoms with Crippen molar-refractivity contribution >= 4 is 5.69 Å². The number of nitrogens with zero attached hydrogens (tertiary/aromatic N) is 2. The molecule has 0 atom stereocenters. The number of hydrogen-bond donors (Lipinski definition) is 1. The Hall–Kier alpha value is -2.76. The molecule has 3 aromatic rings. The molecule has 0 bridgehead atoms. The van der Waals surface area contributed by atoms with Gasteiger partial charge in [-0.15, -0.1) is 0 Å². The quantitative estimate of drug-likeness (QED) is 0.751. The van der Waals surface area contributed by atoms with Crippen LogP contribution >= 0.6 is 0 Å². The summed E-state index contributed by atoms with van der Waals surface area (Å²) in [7, 11) is 0. The molecule has 4 nitrogen and oxygen atoms in total. The largest absolute Gasteiger partial charge is 0.396 e. The van der Waals surface area contributed by atoms with Crippen molar-refractivity contribution in [3.05, 3.63) is 65.5 Å². The number of aromatic nitrogens is 2. The van der Waals surface area contributed by atoms with E-state index in [9.17, 15) is 8.78 Å². The van der Waals surface area contributed by atoms with Crippen molar-refractivity contribution in [1.82, 2.24) is 10.1 Å². The van der Waals surface area contributed by atoms with Crippen LogP contribution in [0, 0.1) is 11.6 Å². The summed E-state index contributed by atoms with van der Waals surface area (Å²) in [6, 6.07) is 10.2. The SMILES string of the molecule is Nc1cc(-c2nc(Cc3ccc(F)cc3)no2)ccc1F. The topological polar surface area (TPSA) is 64.9 Å². The second-order valence-corrected chi connectivity index (χ2v) is 4.56. The predicted molar refractivity (Wildman–Crippen MR) is 73.3 cm³/mol. The van der Waals surface area contributed by atoms with E-state index in [0.29, 0.717) is 17.8 Å². The van der Waals surface area contributed by atoms with Crippen molar-refractivity contribution in [1.29, 1.82) is 0 Å². The number of benzene rings is 2. The molecule has 0 aliphatic carbocycles. The summed E-state index contributed by atoms with van der Waals surface area (Å²) >= 11 is 0. The molecule has 0 fully saturated rings. The van der Waals surface area contributed by atoms with Crippen LogP contribution in [0.1, 0.15) is 11.4 Å². The van der Waals surface area contributed by atoms with Gasteiger partial charge in [0.25, 0.3) is 5.89 Å². The molecule has 0 amide bonds. The van der Waals surface area contributed by atoms with E-state index in [1.54, 1.807) is 12.1 Å². The Morgan fingerprint density at radius 2 is 1.81 bits per heavy atom. The van der Waals surface area contributed by atoms with Crippen LogP contribution in [0.2, 0.25) is 0 Å². The molecule has 0 saturated heterocycles. The van der Waals surface area contributed by atoms with Crippen LogP contribution in [0.3, 0.4) is 0 Å². The molecule has 2 N–H and O–H groups in total. The Balaban J connectivity index is 1.82. The summed E-state index contributed by atoms with van der Waals surface area (Å²) in [4.78, 5) is 4.22. The summed E-state index contributed by atoms with van der Waals surface area (Å²) in [6.07, 6.45) is 0.417. The second kappa shape index (κ2) is 5.32. The second-order valence-electron chi connectivity index (χ2n) is 4.56. The lowest BCUT2D eigenvalue weighted by Crippen LogP contribution is -1.92. The summed E-state index contributed by atoms with van der Waals surface area (Å²) in [5.74, 6) is -0.0718. The van der Waals surface area contributed by atoms with Crippen LogP contribution in [-0.4, -0.2) is 10.1 Å². The monoisotopic (exact) mass is 287 g/mol. The standard InChI is InChI=1S/C15H11F2N3O/c16-11-4-1-9(2-5-11)7-14-19-15(21-20-14)10-3-6-12(17)13(18)8-10/h1-6,8H,7,18H2. The molecule has 0 aliphatic heterocycles. The highest BCUT2D eigenvalue weighted by atomic mass is 19.1. The number of nitrogen functional groups attached to an aromatic ring is 1. The number of hydrogen-bond acceptors (Lipinski definition) is 4. The van der Waals surface area contributed by atoms with Gasteiger partial charge in [-0.1, -0.05) is 17.3 Å². The third-order valence-corrected chi connectivity index (χ3v) is 2.99. The zero-order valence-corrected chi connectivity index (χ0v) is 10.9. The highest BCUT2D eigenvalue weighted by Gasteiger charge is 2.11. The van der Waals surface area contributed by atoms with E-state index < -0.39 is 5.82 Å². The molecule has 0 unspecified atom stereocenters. The minimum atomic E-state index is -0.496. The molecular formula is C15H11F2N3O. The fourth-order valence-corrected chi connectivity index (χ4v) is 1.90. The first-order valence-electron chi connectivity index (χ1n) is 6.24. The molecule has 2 aromatic carbocycles. The highest BCUT2D eigenvalue weighted by Crippen LogP contribution is 2.22. The van der Waals surface area contributed by atoms with Crippen LogP contribution < -0.4 is 5.73 Å². The molecule has 1 heterocycles. The first-order chi connectivity index (χ1) is 10.1. The number of halogens is 2. The molecule has 106 valence electrons. The van der Waals surface area contributed by atoms with Gasteiger partial charge in [0.2, 0.25) is 0 Å². The Morgan fingerprint density at radius 1 is 1.05 bits per heavy atom. The first-order valence-corrected chi connectivity index (χ1v) is 6.24. The van der Waals surface area contributed by atoms with Gasteiger partial charge in [0.1, 0.15) is 11.6 Å². The molecular weight excluding hydrogens is 276 g/mol. The Morgan fingerprint density at radius 3 is 2.52 bits per heavy atom. The summed E-state index contributed by atoms with van der Waals surface area (Å²) in [5.41, 5.74) is 6.93. The number of anilines is 1. The zero-order chi connectivity index (χ0) is 14.8. The van der Waals surface area contributed by atoms with Crippen molar-refractivity contribution in [3.8, 4) is 11.5 Å². The van der Waals surface area contributed by atoms with Crippen molar-refractivity contribution in [2.24, 2.45) is 0 Å². The average molecular weight is 287 g/mol. The number of rotatable bonds is 3. The minimum Gasteiger partial charge on any atom is -0.396 e. The maximum Gasteiger partial charge on any atom is 0.258 e. The maximum atomic E-state index is 13.1. The van der Waals surface area contributed by atoms with E-state index in [0.717, 1.165) is 5.56 Å². The molecule has 1 aromatic heterocycles. The van der Waals surface area contributed by atoms with E-state index in [-0.39, 0.29) is 17.4 Å². The van der Waals surface area contributed by atoms with Gasteiger partial charge in [0.15, 0.2) is 5.82 Å². The summed E-state index contributed by atoms with van der Waals surface area (Å²) in [5, 5.41) is 3.85. The van der Waals surface area contributed by atoms with Crippen molar-refractivity contribution < 1.29 is 13.3 Å². The molecule has 0 aliphatic rings. The summed E-state index contributed by atoms with van der Waals surface area (Å²) in [6.45, 7) is 0. The van der Waals surface area contributed by atoms with Crippen molar-refractivity contribution in [3.63, 3.8) is 0 Å². The van der Waals surface area contributed by atoms with Gasteiger partial charge in [-0.2, -0.15) is 4.98 Å². The molecule has 0 spiro atoms. The highest BCUT2D eigenvalue weighted by molar-refractivity contribution is 5.60. The molecule has 0 saturated carbocycles. The summed E-state index contributed by atoms with van der Waals surface area (Å²) < 4.78 is 31.1. The van der Waals surface area contributed by atoms with Gasteiger partial charge in [0.05, 0.1) is 5.69 Å². The van der Waals surface area contributed by atoms with Gasteiger partial charge in [-0.25, -0.2) is 8.78 Å². The normalized spacial score (nSPS) is 10.8. The number of nitrogens with two attached hydrogens (primary N) is 1. The van der Waals surface area contributed by atoms with Crippen LogP contribution in [0.5, 0.6) is 0 Å². The van der Waals surface area contributed by atoms with Gasteiger partial charge < -0.3 is 10.3 Å². The van der Waals surface area contributed by atoms with Crippen LogP contribution in [0.4, 0.5) is 14.5 Å². The Bertz CT molecular complexity index is 769. The van der Waals surface area contributed by atoms with E-state index >= 15 is 0 Å². The first kappa shape index (κ1) is 13.2.